The molecular formula is C19H30N2O. The molecule has 3 rings (SSSR count). The van der Waals surface area contributed by atoms with E-state index in [-0.39, 0.29) is 0 Å². The second-order valence-corrected chi connectivity index (χ2v) is 6.84. The summed E-state index contributed by atoms with van der Waals surface area (Å²) in [4.78, 5) is 2.59. The van der Waals surface area contributed by atoms with E-state index in [1.165, 1.54) is 44.3 Å². The summed E-state index contributed by atoms with van der Waals surface area (Å²) in [5.41, 5.74) is 1.43. The molecule has 0 aliphatic carbocycles. The molecule has 2 fully saturated rings. The first-order chi connectivity index (χ1) is 10.8. The lowest BCUT2D eigenvalue weighted by molar-refractivity contribution is 0.0241. The SMILES string of the molecule is CCC1COCCC1NC1CCN(Cc2ccccc2)CC1. The van der Waals surface area contributed by atoms with E-state index in [2.05, 4.69) is 47.5 Å². The van der Waals surface area contributed by atoms with E-state index in [0.29, 0.717) is 18.0 Å². The Kier molecular flexibility index (Phi) is 5.88. The highest BCUT2D eigenvalue weighted by molar-refractivity contribution is 5.14. The topological polar surface area (TPSA) is 24.5 Å². The fourth-order valence-electron chi connectivity index (χ4n) is 3.82. The van der Waals surface area contributed by atoms with Gasteiger partial charge in [-0.1, -0.05) is 37.3 Å². The molecule has 2 saturated heterocycles. The zero-order valence-electron chi connectivity index (χ0n) is 13.8. The van der Waals surface area contributed by atoms with Crippen LogP contribution in [0.4, 0.5) is 0 Å². The van der Waals surface area contributed by atoms with E-state index < -0.39 is 0 Å². The first kappa shape index (κ1) is 16.0. The van der Waals surface area contributed by atoms with Crippen LogP contribution in [0.15, 0.2) is 30.3 Å². The van der Waals surface area contributed by atoms with Gasteiger partial charge in [0.2, 0.25) is 0 Å². The molecule has 1 aromatic rings. The van der Waals surface area contributed by atoms with Crippen LogP contribution in [0.1, 0.15) is 38.2 Å². The Morgan fingerprint density at radius 3 is 2.64 bits per heavy atom. The van der Waals surface area contributed by atoms with Crippen molar-refractivity contribution >= 4 is 0 Å². The summed E-state index contributed by atoms with van der Waals surface area (Å²) in [6.07, 6.45) is 4.97. The minimum atomic E-state index is 0.671. The van der Waals surface area contributed by atoms with E-state index in [1.807, 2.05) is 0 Å². The summed E-state index contributed by atoms with van der Waals surface area (Å²) in [6, 6.07) is 12.2. The van der Waals surface area contributed by atoms with Crippen molar-refractivity contribution in [3.05, 3.63) is 35.9 Å². The number of hydrogen-bond donors (Lipinski definition) is 1. The molecule has 2 atom stereocenters. The lowest BCUT2D eigenvalue weighted by atomic mass is 9.91. The highest BCUT2D eigenvalue weighted by Crippen LogP contribution is 2.21. The highest BCUT2D eigenvalue weighted by atomic mass is 16.5. The van der Waals surface area contributed by atoms with Crippen molar-refractivity contribution < 1.29 is 4.74 Å². The van der Waals surface area contributed by atoms with Crippen LogP contribution in [0.3, 0.4) is 0 Å². The molecule has 0 bridgehead atoms. The van der Waals surface area contributed by atoms with Crippen LogP contribution in [0.5, 0.6) is 0 Å². The Bertz CT molecular complexity index is 428. The third-order valence-corrected chi connectivity index (χ3v) is 5.28. The van der Waals surface area contributed by atoms with Gasteiger partial charge in [-0.05, 0) is 50.3 Å². The fourth-order valence-corrected chi connectivity index (χ4v) is 3.82. The van der Waals surface area contributed by atoms with Crippen molar-refractivity contribution in [3.8, 4) is 0 Å². The van der Waals surface area contributed by atoms with E-state index in [9.17, 15) is 0 Å². The quantitative estimate of drug-likeness (QED) is 0.905. The Labute approximate surface area is 135 Å². The number of ether oxygens (including phenoxy) is 1. The number of nitrogens with zero attached hydrogens (tertiary/aromatic N) is 1. The van der Waals surface area contributed by atoms with Gasteiger partial charge in [-0.2, -0.15) is 0 Å². The summed E-state index contributed by atoms with van der Waals surface area (Å²) in [5, 5.41) is 3.94. The highest BCUT2D eigenvalue weighted by Gasteiger charge is 2.28. The molecule has 2 heterocycles. The monoisotopic (exact) mass is 302 g/mol. The number of hydrogen-bond acceptors (Lipinski definition) is 3. The predicted molar refractivity (Wildman–Crippen MR) is 90.9 cm³/mol. The Morgan fingerprint density at radius 2 is 1.91 bits per heavy atom. The Morgan fingerprint density at radius 1 is 1.14 bits per heavy atom. The Balaban J connectivity index is 1.43. The molecule has 2 aliphatic heterocycles. The first-order valence-corrected chi connectivity index (χ1v) is 8.95. The van der Waals surface area contributed by atoms with Gasteiger partial charge in [-0.25, -0.2) is 0 Å². The molecule has 0 amide bonds. The average molecular weight is 302 g/mol. The number of piperidine rings is 1. The summed E-state index contributed by atoms with van der Waals surface area (Å²) in [6.45, 7) is 7.69. The standard InChI is InChI=1S/C19H30N2O/c1-2-17-15-22-13-10-19(17)20-18-8-11-21(12-9-18)14-16-6-4-3-5-7-16/h3-7,17-20H,2,8-15H2,1H3. The van der Waals surface area contributed by atoms with Gasteiger partial charge in [-0.3, -0.25) is 4.90 Å². The van der Waals surface area contributed by atoms with Crippen molar-refractivity contribution in [2.45, 2.75) is 51.2 Å². The van der Waals surface area contributed by atoms with Gasteiger partial charge >= 0.3 is 0 Å². The summed E-state index contributed by atoms with van der Waals surface area (Å²) < 4.78 is 5.63. The van der Waals surface area contributed by atoms with Crippen molar-refractivity contribution in [2.75, 3.05) is 26.3 Å². The minimum Gasteiger partial charge on any atom is -0.381 e. The van der Waals surface area contributed by atoms with Crippen LogP contribution in [0.25, 0.3) is 0 Å². The van der Waals surface area contributed by atoms with Gasteiger partial charge in [0, 0.05) is 25.2 Å². The number of rotatable bonds is 5. The molecule has 2 aliphatic rings. The number of nitrogens with one attached hydrogen (secondary N) is 1. The lowest BCUT2D eigenvalue weighted by Crippen LogP contribution is -2.50. The van der Waals surface area contributed by atoms with E-state index in [1.54, 1.807) is 0 Å². The smallest absolute Gasteiger partial charge is 0.0509 e. The van der Waals surface area contributed by atoms with E-state index >= 15 is 0 Å². The lowest BCUT2D eigenvalue weighted by Gasteiger charge is -2.38. The molecule has 0 saturated carbocycles. The van der Waals surface area contributed by atoms with Crippen LogP contribution in [-0.2, 0) is 11.3 Å². The summed E-state index contributed by atoms with van der Waals surface area (Å²) in [7, 11) is 0. The second-order valence-electron chi connectivity index (χ2n) is 6.84. The first-order valence-electron chi connectivity index (χ1n) is 8.95. The van der Waals surface area contributed by atoms with Crippen LogP contribution in [-0.4, -0.2) is 43.3 Å². The van der Waals surface area contributed by atoms with Gasteiger partial charge in [0.1, 0.15) is 0 Å². The van der Waals surface area contributed by atoms with E-state index in [4.69, 9.17) is 4.74 Å². The third-order valence-electron chi connectivity index (χ3n) is 5.28. The third kappa shape index (κ3) is 4.31. The molecule has 122 valence electrons. The molecule has 0 aromatic heterocycles. The molecule has 3 nitrogen and oxygen atoms in total. The molecule has 1 aromatic carbocycles. The normalized spacial score (nSPS) is 27.9. The fraction of sp³-hybridized carbons (Fsp3) is 0.684. The predicted octanol–water partition coefficient (Wildman–Crippen LogP) is 3.06. The van der Waals surface area contributed by atoms with Crippen molar-refractivity contribution in [1.82, 2.24) is 10.2 Å². The van der Waals surface area contributed by atoms with Crippen LogP contribution < -0.4 is 5.32 Å². The number of benzene rings is 1. The van der Waals surface area contributed by atoms with Crippen molar-refractivity contribution in [1.29, 1.82) is 0 Å². The van der Waals surface area contributed by atoms with Crippen LogP contribution in [0.2, 0.25) is 0 Å². The molecule has 1 N–H and O–H groups in total. The molecule has 3 heteroatoms. The molecule has 0 spiro atoms. The summed E-state index contributed by atoms with van der Waals surface area (Å²) >= 11 is 0. The van der Waals surface area contributed by atoms with Crippen molar-refractivity contribution in [2.24, 2.45) is 5.92 Å². The zero-order chi connectivity index (χ0) is 15.2. The average Bonchev–Trinajstić information content (AvgIpc) is 2.58. The maximum atomic E-state index is 5.63. The number of likely N-dealkylation sites (tertiary alicyclic amines) is 1. The molecule has 2 unspecified atom stereocenters. The largest absolute Gasteiger partial charge is 0.381 e. The zero-order valence-corrected chi connectivity index (χ0v) is 13.8. The van der Waals surface area contributed by atoms with Gasteiger partial charge in [0.15, 0.2) is 0 Å². The van der Waals surface area contributed by atoms with Crippen LogP contribution >= 0.6 is 0 Å². The maximum absolute atomic E-state index is 5.63. The maximum Gasteiger partial charge on any atom is 0.0509 e. The molecule has 22 heavy (non-hydrogen) atoms. The Hall–Kier alpha value is -0.900. The van der Waals surface area contributed by atoms with Crippen molar-refractivity contribution in [3.63, 3.8) is 0 Å². The van der Waals surface area contributed by atoms with Gasteiger partial charge in [0.25, 0.3) is 0 Å². The molecule has 0 radical (unpaired) electrons. The van der Waals surface area contributed by atoms with Gasteiger partial charge in [-0.15, -0.1) is 0 Å². The molecular weight excluding hydrogens is 272 g/mol. The van der Waals surface area contributed by atoms with E-state index in [0.717, 1.165) is 19.8 Å². The minimum absolute atomic E-state index is 0.671. The van der Waals surface area contributed by atoms with Crippen LogP contribution in [0, 0.1) is 5.92 Å². The van der Waals surface area contributed by atoms with Gasteiger partial charge in [0.05, 0.1) is 6.61 Å². The summed E-state index contributed by atoms with van der Waals surface area (Å²) in [5.74, 6) is 0.705. The van der Waals surface area contributed by atoms with Gasteiger partial charge < -0.3 is 10.1 Å². The second kappa shape index (κ2) is 8.09.